The molecule has 0 spiro atoms. The van der Waals surface area contributed by atoms with E-state index in [1.54, 1.807) is 0 Å². The Bertz CT molecular complexity index is 762. The molecular formula is C22H32O7. The summed E-state index contributed by atoms with van der Waals surface area (Å²) in [5.74, 6) is -3.69. The van der Waals surface area contributed by atoms with Crippen LogP contribution in [0.3, 0.4) is 0 Å². The predicted octanol–water partition coefficient (Wildman–Crippen LogP) is 1.54. The van der Waals surface area contributed by atoms with Gasteiger partial charge in [-0.05, 0) is 41.4 Å². The van der Waals surface area contributed by atoms with Gasteiger partial charge < -0.3 is 24.8 Å². The van der Waals surface area contributed by atoms with Gasteiger partial charge in [-0.1, -0.05) is 27.2 Å². The van der Waals surface area contributed by atoms with Crippen molar-refractivity contribution in [1.82, 2.24) is 0 Å². The van der Waals surface area contributed by atoms with Crippen molar-refractivity contribution in [3.63, 3.8) is 0 Å². The monoisotopic (exact) mass is 408 g/mol. The number of aliphatic hydroxyl groups excluding tert-OH is 2. The zero-order valence-corrected chi connectivity index (χ0v) is 17.6. The van der Waals surface area contributed by atoms with Crippen LogP contribution in [0, 0.1) is 34.5 Å². The Labute approximate surface area is 171 Å². The van der Waals surface area contributed by atoms with E-state index in [1.807, 2.05) is 13.8 Å². The first-order valence-electron chi connectivity index (χ1n) is 10.6. The van der Waals surface area contributed by atoms with E-state index in [-0.39, 0.29) is 36.7 Å². The third-order valence-corrected chi connectivity index (χ3v) is 8.52. The van der Waals surface area contributed by atoms with Gasteiger partial charge in [0.2, 0.25) is 5.79 Å². The van der Waals surface area contributed by atoms with Crippen LogP contribution in [0.1, 0.15) is 53.4 Å². The summed E-state index contributed by atoms with van der Waals surface area (Å²) in [5.41, 5.74) is -0.426. The first kappa shape index (κ1) is 20.8. The Morgan fingerprint density at radius 1 is 1.34 bits per heavy atom. The lowest BCUT2D eigenvalue weighted by Crippen LogP contribution is -2.68. The van der Waals surface area contributed by atoms with Gasteiger partial charge in [-0.3, -0.25) is 4.79 Å². The van der Waals surface area contributed by atoms with E-state index in [9.17, 15) is 24.9 Å². The Morgan fingerprint density at radius 2 is 2.03 bits per heavy atom. The number of carbonyl (C=O) groups excluding carboxylic acids is 2. The summed E-state index contributed by atoms with van der Waals surface area (Å²) in [6.07, 6.45) is 2.33. The molecule has 4 rings (SSSR count). The summed E-state index contributed by atoms with van der Waals surface area (Å²) < 4.78 is 11.0. The van der Waals surface area contributed by atoms with Gasteiger partial charge in [-0.25, -0.2) is 4.79 Å². The van der Waals surface area contributed by atoms with Gasteiger partial charge in [0.25, 0.3) is 0 Å². The molecule has 9 atom stereocenters. The van der Waals surface area contributed by atoms with Crippen LogP contribution in [0.25, 0.3) is 0 Å². The lowest BCUT2D eigenvalue weighted by Gasteiger charge is -2.65. The van der Waals surface area contributed by atoms with Gasteiger partial charge in [-0.15, -0.1) is 0 Å². The van der Waals surface area contributed by atoms with Crippen molar-refractivity contribution in [2.24, 2.45) is 34.5 Å². The predicted molar refractivity (Wildman–Crippen MR) is 102 cm³/mol. The third kappa shape index (κ3) is 2.81. The van der Waals surface area contributed by atoms with Crippen LogP contribution in [0.4, 0.5) is 0 Å². The highest BCUT2D eigenvalue weighted by molar-refractivity contribution is 5.86. The summed E-state index contributed by atoms with van der Waals surface area (Å²) in [4.78, 5) is 23.9. The molecule has 0 unspecified atom stereocenters. The fraction of sp³-hybridized carbons (Fsp3) is 0.818. The van der Waals surface area contributed by atoms with Crippen LogP contribution in [0.5, 0.6) is 0 Å². The van der Waals surface area contributed by atoms with Gasteiger partial charge in [0.1, 0.15) is 6.10 Å². The minimum absolute atomic E-state index is 0.0743. The molecule has 0 aromatic heterocycles. The SMILES string of the molecule is CC(=O)O[C@@H]1[C@H](O)[C@H]2[C@@H](C[C@@]3(O)OC(=O)C=C3[C@@H]2C)[C@]2(C)CCC[C@](C)(CO)[C@@H]12. The highest BCUT2D eigenvalue weighted by atomic mass is 16.7. The molecule has 0 aromatic carbocycles. The molecule has 7 nitrogen and oxygen atoms in total. The largest absolute Gasteiger partial charge is 0.459 e. The van der Waals surface area contributed by atoms with Crippen LogP contribution >= 0.6 is 0 Å². The first-order valence-corrected chi connectivity index (χ1v) is 10.6. The van der Waals surface area contributed by atoms with E-state index >= 15 is 0 Å². The number of fused-ring (bicyclic) bond motifs is 4. The molecule has 1 heterocycles. The van der Waals surface area contributed by atoms with Crippen LogP contribution in [-0.2, 0) is 19.1 Å². The van der Waals surface area contributed by atoms with Crippen molar-refractivity contribution in [2.75, 3.05) is 6.61 Å². The Balaban J connectivity index is 1.85. The summed E-state index contributed by atoms with van der Waals surface area (Å²) in [6.45, 7) is 7.26. The van der Waals surface area contributed by atoms with Crippen molar-refractivity contribution in [1.29, 1.82) is 0 Å². The molecule has 162 valence electrons. The summed E-state index contributed by atoms with van der Waals surface area (Å²) >= 11 is 0. The highest BCUT2D eigenvalue weighted by Gasteiger charge is 2.68. The van der Waals surface area contributed by atoms with Crippen molar-refractivity contribution in [3.8, 4) is 0 Å². The Kier molecular flexibility index (Phi) is 4.69. The fourth-order valence-corrected chi connectivity index (χ4v) is 7.43. The molecule has 7 heteroatoms. The first-order chi connectivity index (χ1) is 13.5. The molecular weight excluding hydrogens is 376 g/mol. The number of rotatable bonds is 2. The Morgan fingerprint density at radius 3 is 2.66 bits per heavy atom. The zero-order chi connectivity index (χ0) is 21.4. The third-order valence-electron chi connectivity index (χ3n) is 8.52. The van der Waals surface area contributed by atoms with Crippen molar-refractivity contribution in [3.05, 3.63) is 11.6 Å². The number of carbonyl (C=O) groups is 2. The molecule has 3 N–H and O–H groups in total. The smallest absolute Gasteiger partial charge is 0.333 e. The molecule has 1 aliphatic heterocycles. The Hall–Kier alpha value is -1.44. The fourth-order valence-electron chi connectivity index (χ4n) is 7.43. The lowest BCUT2D eigenvalue weighted by atomic mass is 9.41. The zero-order valence-electron chi connectivity index (χ0n) is 17.6. The summed E-state index contributed by atoms with van der Waals surface area (Å²) in [7, 11) is 0. The molecule has 0 saturated heterocycles. The standard InChI is InChI=1S/C22H32O7/c1-11-13-8-15(25)29-22(13,27)9-14-16(11)17(26)18(28-12(2)24)19-20(3,10-23)6-5-7-21(14,19)4/h8,11,14,16-19,23,26-27H,5-7,9-10H2,1-4H3/t11-,14+,16+,17+,18+,19+,20+,21-,22+/m0/s1. The number of ether oxygens (including phenoxy) is 2. The molecule has 0 radical (unpaired) electrons. The van der Waals surface area contributed by atoms with Crippen LogP contribution in [0.2, 0.25) is 0 Å². The molecule has 0 amide bonds. The van der Waals surface area contributed by atoms with Crippen LogP contribution in [-0.4, -0.2) is 51.9 Å². The van der Waals surface area contributed by atoms with Gasteiger partial charge in [0.05, 0.1) is 6.10 Å². The average molecular weight is 408 g/mol. The molecule has 29 heavy (non-hydrogen) atoms. The van der Waals surface area contributed by atoms with Crippen LogP contribution in [0.15, 0.2) is 11.6 Å². The van der Waals surface area contributed by atoms with E-state index in [1.165, 1.54) is 13.0 Å². The summed E-state index contributed by atoms with van der Waals surface area (Å²) in [5, 5.41) is 32.9. The quantitative estimate of drug-likeness (QED) is 0.594. The number of hydrogen-bond donors (Lipinski definition) is 3. The second kappa shape index (κ2) is 6.53. The topological polar surface area (TPSA) is 113 Å². The normalized spacial score (nSPS) is 51.3. The van der Waals surface area contributed by atoms with Crippen molar-refractivity contribution in [2.45, 2.75) is 71.4 Å². The molecule has 3 aliphatic carbocycles. The minimum atomic E-state index is -1.65. The van der Waals surface area contributed by atoms with Gasteiger partial charge in [0, 0.05) is 37.5 Å². The highest BCUT2D eigenvalue weighted by Crippen LogP contribution is 2.67. The molecule has 3 fully saturated rings. The van der Waals surface area contributed by atoms with E-state index in [4.69, 9.17) is 9.47 Å². The van der Waals surface area contributed by atoms with Crippen LogP contribution < -0.4 is 0 Å². The minimum Gasteiger partial charge on any atom is -0.459 e. The number of hydrogen-bond acceptors (Lipinski definition) is 7. The maximum absolute atomic E-state index is 11.9. The van der Waals surface area contributed by atoms with E-state index in [0.717, 1.165) is 19.3 Å². The van der Waals surface area contributed by atoms with E-state index in [2.05, 4.69) is 6.92 Å². The van der Waals surface area contributed by atoms with Crippen molar-refractivity contribution < 1.29 is 34.4 Å². The van der Waals surface area contributed by atoms with E-state index < -0.39 is 40.8 Å². The van der Waals surface area contributed by atoms with Gasteiger partial charge in [0.15, 0.2) is 0 Å². The number of aliphatic hydroxyl groups is 3. The molecule has 3 saturated carbocycles. The molecule has 0 bridgehead atoms. The maximum atomic E-state index is 11.9. The maximum Gasteiger partial charge on any atom is 0.333 e. The second-order valence-corrected chi connectivity index (χ2v) is 10.2. The molecule has 0 aromatic rings. The van der Waals surface area contributed by atoms with Gasteiger partial charge >= 0.3 is 11.9 Å². The number of esters is 2. The summed E-state index contributed by atoms with van der Waals surface area (Å²) in [6, 6.07) is 0. The van der Waals surface area contributed by atoms with Gasteiger partial charge in [-0.2, -0.15) is 0 Å². The average Bonchev–Trinajstić information content (AvgIpc) is 2.93. The van der Waals surface area contributed by atoms with Crippen molar-refractivity contribution >= 4 is 11.9 Å². The molecule has 4 aliphatic rings. The lowest BCUT2D eigenvalue weighted by molar-refractivity contribution is -0.269. The van der Waals surface area contributed by atoms with E-state index in [0.29, 0.717) is 5.57 Å². The second-order valence-electron chi connectivity index (χ2n) is 10.2.